The highest BCUT2D eigenvalue weighted by molar-refractivity contribution is 6.30. The van der Waals surface area contributed by atoms with Crippen molar-refractivity contribution in [3.8, 4) is 11.5 Å². The van der Waals surface area contributed by atoms with Crippen molar-refractivity contribution in [1.82, 2.24) is 10.3 Å². The Morgan fingerprint density at radius 1 is 1.19 bits per heavy atom. The minimum absolute atomic E-state index is 0.00286. The number of hydrogen-bond donors (Lipinski definition) is 1. The van der Waals surface area contributed by atoms with E-state index in [9.17, 15) is 0 Å². The van der Waals surface area contributed by atoms with Crippen LogP contribution in [0.1, 0.15) is 24.2 Å². The zero-order chi connectivity index (χ0) is 14.7. The summed E-state index contributed by atoms with van der Waals surface area (Å²) in [5.41, 5.74) is 2.02. The average molecular weight is 305 g/mol. The molecule has 4 nitrogen and oxygen atoms in total. The summed E-state index contributed by atoms with van der Waals surface area (Å²) in [5, 5.41) is 4.07. The fraction of sp³-hybridized carbons (Fsp3) is 0.312. The van der Waals surface area contributed by atoms with Crippen LogP contribution in [0.5, 0.6) is 11.5 Å². The SMILES string of the molecule is CCNC(c1ccc2c(c1)OCCO2)c1ccc(Cl)cn1. The second kappa shape index (κ2) is 6.33. The summed E-state index contributed by atoms with van der Waals surface area (Å²) in [7, 11) is 0. The van der Waals surface area contributed by atoms with Gasteiger partial charge in [-0.25, -0.2) is 0 Å². The lowest BCUT2D eigenvalue weighted by Crippen LogP contribution is -2.23. The normalized spacial score (nSPS) is 14.8. The van der Waals surface area contributed by atoms with Crippen LogP contribution in [-0.2, 0) is 0 Å². The van der Waals surface area contributed by atoms with E-state index in [1.54, 1.807) is 6.20 Å². The van der Waals surface area contributed by atoms with Gasteiger partial charge in [0, 0.05) is 6.20 Å². The van der Waals surface area contributed by atoms with Crippen LogP contribution in [0.2, 0.25) is 5.02 Å². The summed E-state index contributed by atoms with van der Waals surface area (Å²) in [6, 6.07) is 9.79. The van der Waals surface area contributed by atoms with Gasteiger partial charge in [-0.1, -0.05) is 24.6 Å². The number of fused-ring (bicyclic) bond motifs is 1. The predicted molar refractivity (Wildman–Crippen MR) is 82.2 cm³/mol. The van der Waals surface area contributed by atoms with E-state index in [0.29, 0.717) is 18.2 Å². The fourth-order valence-electron chi connectivity index (χ4n) is 2.39. The highest BCUT2D eigenvalue weighted by Gasteiger charge is 2.18. The van der Waals surface area contributed by atoms with E-state index in [1.807, 2.05) is 30.3 Å². The third-order valence-electron chi connectivity index (χ3n) is 3.35. The number of nitrogens with one attached hydrogen (secondary N) is 1. The first-order valence-corrected chi connectivity index (χ1v) is 7.40. The Kier molecular flexibility index (Phi) is 4.27. The van der Waals surface area contributed by atoms with E-state index < -0.39 is 0 Å². The molecule has 1 aliphatic rings. The first-order chi connectivity index (χ1) is 10.3. The van der Waals surface area contributed by atoms with E-state index in [-0.39, 0.29) is 6.04 Å². The molecule has 2 heterocycles. The molecule has 0 spiro atoms. The molecule has 0 amide bonds. The van der Waals surface area contributed by atoms with Gasteiger partial charge in [-0.15, -0.1) is 0 Å². The molecule has 5 heteroatoms. The van der Waals surface area contributed by atoms with E-state index >= 15 is 0 Å². The topological polar surface area (TPSA) is 43.4 Å². The molecule has 21 heavy (non-hydrogen) atoms. The van der Waals surface area contributed by atoms with E-state index in [4.69, 9.17) is 21.1 Å². The van der Waals surface area contributed by atoms with Crippen LogP contribution in [-0.4, -0.2) is 24.7 Å². The molecule has 1 aromatic heterocycles. The van der Waals surface area contributed by atoms with Gasteiger partial charge in [0.2, 0.25) is 0 Å². The standard InChI is InChI=1S/C16H17ClN2O2/c1-2-18-16(13-5-4-12(17)10-19-13)11-3-6-14-15(9-11)21-8-7-20-14/h3-6,9-10,16,18H,2,7-8H2,1H3. The molecule has 1 N–H and O–H groups in total. The lowest BCUT2D eigenvalue weighted by atomic mass is 10.0. The van der Waals surface area contributed by atoms with Crippen molar-refractivity contribution in [1.29, 1.82) is 0 Å². The minimum atomic E-state index is 0.00286. The predicted octanol–water partition coefficient (Wildman–Crippen LogP) is 3.21. The van der Waals surface area contributed by atoms with Gasteiger partial charge >= 0.3 is 0 Å². The van der Waals surface area contributed by atoms with Crippen molar-refractivity contribution in [3.63, 3.8) is 0 Å². The van der Waals surface area contributed by atoms with Crippen LogP contribution in [0.15, 0.2) is 36.5 Å². The largest absolute Gasteiger partial charge is 0.486 e. The summed E-state index contributed by atoms with van der Waals surface area (Å²) in [4.78, 5) is 4.42. The minimum Gasteiger partial charge on any atom is -0.486 e. The number of hydrogen-bond acceptors (Lipinski definition) is 4. The molecule has 1 aliphatic heterocycles. The molecular formula is C16H17ClN2O2. The first kappa shape index (κ1) is 14.2. The zero-order valence-electron chi connectivity index (χ0n) is 11.8. The Bertz CT molecular complexity index is 616. The van der Waals surface area contributed by atoms with Gasteiger partial charge in [-0.05, 0) is 36.4 Å². The smallest absolute Gasteiger partial charge is 0.161 e. The first-order valence-electron chi connectivity index (χ1n) is 7.02. The van der Waals surface area contributed by atoms with E-state index in [0.717, 1.165) is 29.3 Å². The van der Waals surface area contributed by atoms with Gasteiger partial charge in [0.1, 0.15) is 13.2 Å². The maximum atomic E-state index is 5.91. The van der Waals surface area contributed by atoms with Crippen LogP contribution in [0.4, 0.5) is 0 Å². The van der Waals surface area contributed by atoms with E-state index in [1.165, 1.54) is 0 Å². The van der Waals surface area contributed by atoms with Crippen LogP contribution >= 0.6 is 11.6 Å². The lowest BCUT2D eigenvalue weighted by molar-refractivity contribution is 0.171. The molecule has 0 aliphatic carbocycles. The summed E-state index contributed by atoms with van der Waals surface area (Å²) < 4.78 is 11.2. The molecule has 0 saturated heterocycles. The van der Waals surface area contributed by atoms with Crippen LogP contribution in [0.3, 0.4) is 0 Å². The molecule has 1 atom stereocenters. The maximum Gasteiger partial charge on any atom is 0.161 e. The monoisotopic (exact) mass is 304 g/mol. The Balaban J connectivity index is 1.95. The summed E-state index contributed by atoms with van der Waals surface area (Å²) in [5.74, 6) is 1.58. The van der Waals surface area contributed by atoms with Gasteiger partial charge in [0.05, 0.1) is 16.8 Å². The molecule has 0 saturated carbocycles. The van der Waals surface area contributed by atoms with Gasteiger partial charge in [-0.3, -0.25) is 4.98 Å². The zero-order valence-corrected chi connectivity index (χ0v) is 12.6. The summed E-state index contributed by atoms with van der Waals surface area (Å²) in [6.45, 7) is 4.09. The third kappa shape index (κ3) is 3.12. The Morgan fingerprint density at radius 2 is 2.00 bits per heavy atom. The maximum absolute atomic E-state index is 5.91. The number of halogens is 1. The molecule has 1 unspecified atom stereocenters. The van der Waals surface area contributed by atoms with Crippen molar-refractivity contribution < 1.29 is 9.47 Å². The Morgan fingerprint density at radius 3 is 2.71 bits per heavy atom. The van der Waals surface area contributed by atoms with Crippen molar-refractivity contribution >= 4 is 11.6 Å². The highest BCUT2D eigenvalue weighted by atomic mass is 35.5. The van der Waals surface area contributed by atoms with Gasteiger partial charge < -0.3 is 14.8 Å². The van der Waals surface area contributed by atoms with E-state index in [2.05, 4.69) is 17.2 Å². The molecule has 0 bridgehead atoms. The van der Waals surface area contributed by atoms with Crippen LogP contribution < -0.4 is 14.8 Å². The Labute approximate surface area is 129 Å². The highest BCUT2D eigenvalue weighted by Crippen LogP contribution is 2.34. The molecule has 3 rings (SSSR count). The Hall–Kier alpha value is -1.78. The number of pyridine rings is 1. The average Bonchev–Trinajstić information content (AvgIpc) is 2.53. The van der Waals surface area contributed by atoms with Crippen molar-refractivity contribution in [2.75, 3.05) is 19.8 Å². The number of rotatable bonds is 4. The van der Waals surface area contributed by atoms with Gasteiger partial charge in [0.15, 0.2) is 11.5 Å². The number of benzene rings is 1. The van der Waals surface area contributed by atoms with Crippen molar-refractivity contribution in [2.24, 2.45) is 0 Å². The number of aromatic nitrogens is 1. The van der Waals surface area contributed by atoms with Crippen molar-refractivity contribution in [2.45, 2.75) is 13.0 Å². The molecule has 1 aromatic carbocycles. The summed E-state index contributed by atoms with van der Waals surface area (Å²) >= 11 is 5.91. The second-order valence-electron chi connectivity index (χ2n) is 4.80. The summed E-state index contributed by atoms with van der Waals surface area (Å²) in [6.07, 6.45) is 1.67. The molecule has 2 aromatic rings. The number of ether oxygens (including phenoxy) is 2. The van der Waals surface area contributed by atoms with Crippen molar-refractivity contribution in [3.05, 3.63) is 52.8 Å². The van der Waals surface area contributed by atoms with Gasteiger partial charge in [0.25, 0.3) is 0 Å². The molecule has 0 radical (unpaired) electrons. The fourth-order valence-corrected chi connectivity index (χ4v) is 2.51. The number of nitrogens with zero attached hydrogens (tertiary/aromatic N) is 1. The second-order valence-corrected chi connectivity index (χ2v) is 5.23. The molecule has 0 fully saturated rings. The molecular weight excluding hydrogens is 288 g/mol. The van der Waals surface area contributed by atoms with Crippen LogP contribution in [0, 0.1) is 0 Å². The third-order valence-corrected chi connectivity index (χ3v) is 3.58. The van der Waals surface area contributed by atoms with Crippen LogP contribution in [0.25, 0.3) is 0 Å². The molecule has 110 valence electrons. The van der Waals surface area contributed by atoms with Gasteiger partial charge in [-0.2, -0.15) is 0 Å². The lowest BCUT2D eigenvalue weighted by Gasteiger charge is -2.22. The quantitative estimate of drug-likeness (QED) is 0.942.